The third-order valence-corrected chi connectivity index (χ3v) is 3.54. The number of aryl methyl sites for hydroxylation is 1. The molecule has 1 aliphatic heterocycles. The monoisotopic (exact) mass is 331 g/mol. The van der Waals surface area contributed by atoms with Gasteiger partial charge in [-0.05, 0) is 30.9 Å². The van der Waals surface area contributed by atoms with Crippen LogP contribution in [0, 0.1) is 0 Å². The summed E-state index contributed by atoms with van der Waals surface area (Å²) in [7, 11) is 0. The summed E-state index contributed by atoms with van der Waals surface area (Å²) in [5, 5.41) is 11.4. The molecule has 1 heterocycles. The van der Waals surface area contributed by atoms with Crippen molar-refractivity contribution in [2.75, 3.05) is 5.32 Å². The predicted molar refractivity (Wildman–Crippen MR) is 75.0 cm³/mol. The second-order valence-corrected chi connectivity index (χ2v) is 5.29. The number of halogens is 3. The van der Waals surface area contributed by atoms with Crippen molar-refractivity contribution >= 4 is 17.6 Å². The van der Waals surface area contributed by atoms with Gasteiger partial charge in [-0.1, -0.05) is 18.2 Å². The molecule has 1 aliphatic rings. The van der Waals surface area contributed by atoms with Crippen LogP contribution in [0.3, 0.4) is 0 Å². The van der Waals surface area contributed by atoms with E-state index in [2.05, 4.69) is 5.32 Å². The molecule has 1 amide bonds. The zero-order valence-electron chi connectivity index (χ0n) is 12.1. The second-order valence-electron chi connectivity index (χ2n) is 5.29. The Morgan fingerprint density at radius 1 is 1.22 bits per heavy atom. The Kier molecular flexibility index (Phi) is 5.25. The van der Waals surface area contributed by atoms with E-state index in [9.17, 15) is 22.8 Å². The summed E-state index contributed by atoms with van der Waals surface area (Å²) in [5.41, 5.74) is 0.648. The Morgan fingerprint density at radius 2 is 1.87 bits per heavy atom. The number of carbonyl (C=O) groups is 2. The lowest BCUT2D eigenvalue weighted by molar-refractivity contribution is -0.150. The van der Waals surface area contributed by atoms with E-state index in [0.717, 1.165) is 0 Å². The molecular weight excluding hydrogens is 315 g/mol. The Morgan fingerprint density at radius 3 is 2.48 bits per heavy atom. The Balaban J connectivity index is 2.00. The Hall–Kier alpha value is -2.09. The lowest BCUT2D eigenvalue weighted by Gasteiger charge is -2.15. The smallest absolute Gasteiger partial charge is 0.389 e. The summed E-state index contributed by atoms with van der Waals surface area (Å²) >= 11 is 0. The molecule has 0 aromatic heterocycles. The molecule has 0 aliphatic carbocycles. The van der Waals surface area contributed by atoms with Crippen molar-refractivity contribution in [1.82, 2.24) is 0 Å². The number of anilines is 1. The maximum atomic E-state index is 12.3. The summed E-state index contributed by atoms with van der Waals surface area (Å²) in [6.07, 6.45) is -6.96. The molecule has 1 saturated heterocycles. The highest BCUT2D eigenvalue weighted by atomic mass is 19.4. The van der Waals surface area contributed by atoms with Gasteiger partial charge in [0, 0.05) is 12.1 Å². The first-order valence-electron chi connectivity index (χ1n) is 7.10. The van der Waals surface area contributed by atoms with Gasteiger partial charge in [-0.3, -0.25) is 4.79 Å². The van der Waals surface area contributed by atoms with E-state index in [0.29, 0.717) is 5.56 Å². The summed E-state index contributed by atoms with van der Waals surface area (Å²) < 4.78 is 42.1. The number of alkyl halides is 3. The molecule has 2 atom stereocenters. The molecule has 2 rings (SSSR count). The van der Waals surface area contributed by atoms with Crippen molar-refractivity contribution in [1.29, 1.82) is 0 Å². The largest absolute Gasteiger partial charge is 0.479 e. The average Bonchev–Trinajstić information content (AvgIpc) is 2.95. The molecule has 1 fully saturated rings. The Bertz CT molecular complexity index is 588. The minimum absolute atomic E-state index is 0.225. The van der Waals surface area contributed by atoms with Crippen molar-refractivity contribution < 1.29 is 32.6 Å². The van der Waals surface area contributed by atoms with Crippen LogP contribution >= 0.6 is 0 Å². The van der Waals surface area contributed by atoms with Crippen LogP contribution in [-0.2, 0) is 20.7 Å². The molecule has 0 spiro atoms. The van der Waals surface area contributed by atoms with E-state index in [1.807, 2.05) is 0 Å². The quantitative estimate of drug-likeness (QED) is 0.870. The van der Waals surface area contributed by atoms with Crippen LogP contribution in [0.2, 0.25) is 0 Å². The summed E-state index contributed by atoms with van der Waals surface area (Å²) in [6.45, 7) is 0. The van der Waals surface area contributed by atoms with Gasteiger partial charge in [0.2, 0.25) is 0 Å². The maximum Gasteiger partial charge on any atom is 0.389 e. The molecule has 0 saturated carbocycles. The van der Waals surface area contributed by atoms with Crippen molar-refractivity contribution in [3.05, 3.63) is 29.8 Å². The van der Waals surface area contributed by atoms with E-state index in [-0.39, 0.29) is 24.9 Å². The molecular formula is C15H16F3NO4. The summed E-state index contributed by atoms with van der Waals surface area (Å²) in [6, 6.07) is 6.21. The molecule has 8 heteroatoms. The third kappa shape index (κ3) is 4.95. The van der Waals surface area contributed by atoms with Crippen molar-refractivity contribution in [2.24, 2.45) is 0 Å². The highest BCUT2D eigenvalue weighted by Gasteiger charge is 2.35. The van der Waals surface area contributed by atoms with Crippen LogP contribution in [0.15, 0.2) is 24.3 Å². The average molecular weight is 331 g/mol. The SMILES string of the molecule is O=C(Nc1ccccc1CCC(F)(F)F)[C@@H]1CC[C@H](C(=O)O)O1. The Labute approximate surface area is 130 Å². The van der Waals surface area contributed by atoms with Gasteiger partial charge in [0.15, 0.2) is 6.10 Å². The van der Waals surface area contributed by atoms with Gasteiger partial charge < -0.3 is 15.2 Å². The third-order valence-electron chi connectivity index (χ3n) is 3.54. The van der Waals surface area contributed by atoms with Crippen LogP contribution < -0.4 is 5.32 Å². The molecule has 0 bridgehead atoms. The molecule has 1 aromatic carbocycles. The summed E-state index contributed by atoms with van der Waals surface area (Å²) in [4.78, 5) is 22.9. The van der Waals surface area contributed by atoms with Crippen LogP contribution in [0.5, 0.6) is 0 Å². The van der Waals surface area contributed by atoms with Crippen molar-refractivity contribution in [2.45, 2.75) is 44.1 Å². The normalized spacial score (nSPS) is 21.2. The van der Waals surface area contributed by atoms with Gasteiger partial charge in [0.25, 0.3) is 5.91 Å². The molecule has 1 aromatic rings. The zero-order valence-corrected chi connectivity index (χ0v) is 12.1. The van der Waals surface area contributed by atoms with Gasteiger partial charge in [-0.25, -0.2) is 4.79 Å². The standard InChI is InChI=1S/C15H16F3NO4/c16-15(17,18)8-7-9-3-1-2-4-10(9)19-13(20)11-5-6-12(23-11)14(21)22/h1-4,11-12H,5-8H2,(H,19,20)(H,21,22)/t11-,12+/m0/s1. The molecule has 126 valence electrons. The van der Waals surface area contributed by atoms with Gasteiger partial charge in [0.1, 0.15) is 6.10 Å². The van der Waals surface area contributed by atoms with Gasteiger partial charge in [-0.2, -0.15) is 13.2 Å². The van der Waals surface area contributed by atoms with Crippen LogP contribution in [0.1, 0.15) is 24.8 Å². The number of carboxylic acids is 1. The van der Waals surface area contributed by atoms with Crippen LogP contribution in [-0.4, -0.2) is 35.4 Å². The predicted octanol–water partition coefficient (Wildman–Crippen LogP) is 2.75. The number of hydrogen-bond donors (Lipinski definition) is 2. The first-order chi connectivity index (χ1) is 10.8. The van der Waals surface area contributed by atoms with Crippen molar-refractivity contribution in [3.8, 4) is 0 Å². The lowest BCUT2D eigenvalue weighted by Crippen LogP contribution is -2.30. The highest BCUT2D eigenvalue weighted by Crippen LogP contribution is 2.26. The highest BCUT2D eigenvalue weighted by molar-refractivity contribution is 5.95. The van der Waals surface area contributed by atoms with Crippen LogP contribution in [0.25, 0.3) is 0 Å². The van der Waals surface area contributed by atoms with Crippen molar-refractivity contribution in [3.63, 3.8) is 0 Å². The maximum absolute atomic E-state index is 12.3. The fraction of sp³-hybridized carbons (Fsp3) is 0.467. The van der Waals surface area contributed by atoms with Crippen LogP contribution in [0.4, 0.5) is 18.9 Å². The number of hydrogen-bond acceptors (Lipinski definition) is 3. The molecule has 2 N–H and O–H groups in total. The number of carboxylic acid groups (broad SMARTS) is 1. The van der Waals surface area contributed by atoms with E-state index >= 15 is 0 Å². The van der Waals surface area contributed by atoms with Gasteiger partial charge in [0.05, 0.1) is 0 Å². The van der Waals surface area contributed by atoms with Gasteiger partial charge in [-0.15, -0.1) is 0 Å². The number of para-hydroxylation sites is 1. The van der Waals surface area contributed by atoms with E-state index in [4.69, 9.17) is 9.84 Å². The molecule has 0 radical (unpaired) electrons. The van der Waals surface area contributed by atoms with E-state index in [1.54, 1.807) is 12.1 Å². The minimum atomic E-state index is -4.28. The second kappa shape index (κ2) is 6.99. The number of aliphatic carboxylic acids is 1. The fourth-order valence-electron chi connectivity index (χ4n) is 2.36. The molecule has 0 unspecified atom stereocenters. The first-order valence-corrected chi connectivity index (χ1v) is 7.10. The molecule has 5 nitrogen and oxygen atoms in total. The van der Waals surface area contributed by atoms with E-state index in [1.165, 1.54) is 12.1 Å². The number of ether oxygens (including phenoxy) is 1. The molecule has 23 heavy (non-hydrogen) atoms. The number of carbonyl (C=O) groups excluding carboxylic acids is 1. The number of amides is 1. The number of nitrogens with one attached hydrogen (secondary N) is 1. The number of rotatable bonds is 5. The number of benzene rings is 1. The minimum Gasteiger partial charge on any atom is -0.479 e. The fourth-order valence-corrected chi connectivity index (χ4v) is 2.36. The summed E-state index contributed by atoms with van der Waals surface area (Å²) in [5.74, 6) is -1.68. The lowest BCUT2D eigenvalue weighted by atomic mass is 10.1. The first kappa shape index (κ1) is 17.3. The zero-order chi connectivity index (χ0) is 17.0. The topological polar surface area (TPSA) is 75.6 Å². The van der Waals surface area contributed by atoms with E-state index < -0.39 is 36.7 Å². The van der Waals surface area contributed by atoms with Gasteiger partial charge >= 0.3 is 12.1 Å².